The third-order valence-electron chi connectivity index (χ3n) is 7.67. The second-order valence-corrected chi connectivity index (χ2v) is 14.1. The molecule has 3 aromatic carbocycles. The Morgan fingerprint density at radius 2 is 1.58 bits per heavy atom. The lowest BCUT2D eigenvalue weighted by Gasteiger charge is -2.30. The third kappa shape index (κ3) is 8.14. The number of fused-ring (bicyclic) bond motifs is 1. The molecule has 3 amide bonds. The molecule has 0 atom stereocenters. The van der Waals surface area contributed by atoms with Gasteiger partial charge in [0.15, 0.2) is 5.69 Å². The molecule has 0 aliphatic carbocycles. The summed E-state index contributed by atoms with van der Waals surface area (Å²) in [4.78, 5) is 42.8. The molecule has 1 aliphatic rings. The monoisotopic (exact) mass is 743 g/mol. The number of amides is 3. The van der Waals surface area contributed by atoms with Crippen molar-refractivity contribution in [3.05, 3.63) is 106 Å². The van der Waals surface area contributed by atoms with Gasteiger partial charge in [0.05, 0.1) is 37.9 Å². The molecule has 5 rings (SSSR count). The van der Waals surface area contributed by atoms with E-state index in [1.165, 1.54) is 24.3 Å². The Hall–Kier alpha value is -5.98. The minimum atomic E-state index is -4.73. The molecule has 19 heteroatoms. The fourth-order valence-electron chi connectivity index (χ4n) is 5.05. The van der Waals surface area contributed by atoms with Crippen molar-refractivity contribution in [2.75, 3.05) is 19.9 Å². The predicted octanol–water partition coefficient (Wildman–Crippen LogP) is 5.44. The number of aryl methyl sites for hydroxylation is 1. The summed E-state index contributed by atoms with van der Waals surface area (Å²) in [6.45, 7) is 5.28. The van der Waals surface area contributed by atoms with Crippen LogP contribution in [0.3, 0.4) is 0 Å². The molecule has 1 N–H and O–H groups in total. The Bertz CT molecular complexity index is 2090. The van der Waals surface area contributed by atoms with E-state index in [1.807, 2.05) is 6.92 Å². The van der Waals surface area contributed by atoms with Gasteiger partial charge in [0, 0.05) is 5.56 Å². The topological polar surface area (TPSA) is 179 Å². The van der Waals surface area contributed by atoms with Crippen molar-refractivity contribution in [1.29, 1.82) is 0 Å². The van der Waals surface area contributed by atoms with Gasteiger partial charge in [-0.1, -0.05) is 42.0 Å². The summed E-state index contributed by atoms with van der Waals surface area (Å²) >= 11 is 0. The standard InChI is InChI=1S/C33H32F3N7O8S/c1-21-9-11-22(12-10-21)27-19-28(33(34,35)36)37-42(27)23-13-15-24(16-14-23)52(48,49)38-31(46)50-18-17-41(32(2,3)4)43(47)39-51-20-40-29(44)25-7-5-6-8-26(25)30(40)45/h5-16,19H,17-18,20H2,1-4H3,(H,38,46)/b43-39-. The van der Waals surface area contributed by atoms with E-state index in [1.54, 1.807) is 61.9 Å². The molecule has 4 aromatic rings. The summed E-state index contributed by atoms with van der Waals surface area (Å²) in [6, 6.07) is 18.4. The molecule has 0 fully saturated rings. The molecular weight excluding hydrogens is 711 g/mol. The number of benzene rings is 3. The molecule has 15 nitrogen and oxygen atoms in total. The van der Waals surface area contributed by atoms with E-state index in [4.69, 9.17) is 9.57 Å². The van der Waals surface area contributed by atoms with Crippen molar-refractivity contribution in [1.82, 2.24) is 24.4 Å². The molecular formula is C33H32F3N7O8S. The van der Waals surface area contributed by atoms with Crippen molar-refractivity contribution in [2.45, 2.75) is 44.3 Å². The van der Waals surface area contributed by atoms with Gasteiger partial charge in [0.2, 0.25) is 12.0 Å². The first-order chi connectivity index (χ1) is 24.4. The van der Waals surface area contributed by atoms with E-state index < -0.39 is 63.6 Å². The third-order valence-corrected chi connectivity index (χ3v) is 8.99. The van der Waals surface area contributed by atoms with Gasteiger partial charge >= 0.3 is 12.3 Å². The Labute approximate surface area is 295 Å². The van der Waals surface area contributed by atoms with Crippen LogP contribution in [0.25, 0.3) is 16.9 Å². The summed E-state index contributed by atoms with van der Waals surface area (Å²) in [6.07, 6.45) is -6.11. The molecule has 0 bridgehead atoms. The Balaban J connectivity index is 1.19. The van der Waals surface area contributed by atoms with Crippen LogP contribution in [-0.4, -0.2) is 76.4 Å². The number of hydrazine groups is 1. The number of hydrogen-bond donors (Lipinski definition) is 1. The summed E-state index contributed by atoms with van der Waals surface area (Å²) in [5.74, 6) is -1.23. The number of alkyl halides is 3. The molecule has 0 radical (unpaired) electrons. The summed E-state index contributed by atoms with van der Waals surface area (Å²) in [5.41, 5.74) is -0.115. The van der Waals surface area contributed by atoms with Crippen LogP contribution in [-0.2, 0) is 25.8 Å². The lowest BCUT2D eigenvalue weighted by molar-refractivity contribution is -0.725. The number of carbonyl (C=O) groups excluding carboxylic acids is 3. The average molecular weight is 744 g/mol. The number of hydrogen-bond acceptors (Lipinski definition) is 10. The van der Waals surface area contributed by atoms with Crippen molar-refractivity contribution in [3.8, 4) is 16.9 Å². The first-order valence-electron chi connectivity index (χ1n) is 15.4. The highest BCUT2D eigenvalue weighted by molar-refractivity contribution is 7.90. The zero-order chi connectivity index (χ0) is 38.0. The fraction of sp³-hybridized carbons (Fsp3) is 0.273. The number of aromatic nitrogens is 2. The number of halogens is 3. The van der Waals surface area contributed by atoms with E-state index in [0.717, 1.165) is 38.4 Å². The maximum Gasteiger partial charge on any atom is 0.435 e. The highest BCUT2D eigenvalue weighted by Crippen LogP contribution is 2.33. The highest BCUT2D eigenvalue weighted by Gasteiger charge is 2.37. The normalized spacial score (nSPS) is 13.6. The van der Waals surface area contributed by atoms with Gasteiger partial charge in [-0.2, -0.15) is 18.3 Å². The SMILES string of the molecule is Cc1ccc(-c2cc(C(F)(F)F)nn2-c2ccc(S(=O)(=O)NC(=O)OCCN(/[N+]([O-])=N/OCN3C(=O)c4ccccc4C3=O)C(C)(C)C)cc2)cc1. The Morgan fingerprint density at radius 1 is 0.981 bits per heavy atom. The van der Waals surface area contributed by atoms with Gasteiger partial charge in [-0.25, -0.2) is 27.5 Å². The highest BCUT2D eigenvalue weighted by atomic mass is 32.2. The van der Waals surface area contributed by atoms with Gasteiger partial charge < -0.3 is 14.8 Å². The quantitative estimate of drug-likeness (QED) is 0.0900. The summed E-state index contributed by atoms with van der Waals surface area (Å²) in [7, 11) is -4.51. The lowest BCUT2D eigenvalue weighted by atomic mass is 10.1. The second-order valence-electron chi connectivity index (χ2n) is 12.4. The number of rotatable bonds is 11. The van der Waals surface area contributed by atoms with Crippen molar-refractivity contribution in [3.63, 3.8) is 0 Å². The molecule has 0 saturated heterocycles. The van der Waals surface area contributed by atoms with Crippen LogP contribution in [0.2, 0.25) is 0 Å². The van der Waals surface area contributed by atoms with Crippen LogP contribution in [0.4, 0.5) is 18.0 Å². The maximum absolute atomic E-state index is 13.6. The fourth-order valence-corrected chi connectivity index (χ4v) is 5.94. The van der Waals surface area contributed by atoms with Crippen LogP contribution >= 0.6 is 0 Å². The molecule has 0 unspecified atom stereocenters. The van der Waals surface area contributed by atoms with E-state index in [2.05, 4.69) is 10.4 Å². The van der Waals surface area contributed by atoms with E-state index in [9.17, 15) is 41.2 Å². The molecule has 2 heterocycles. The zero-order valence-electron chi connectivity index (χ0n) is 28.1. The van der Waals surface area contributed by atoms with E-state index in [0.29, 0.717) is 5.56 Å². The zero-order valence-corrected chi connectivity index (χ0v) is 28.9. The molecule has 274 valence electrons. The number of sulfonamides is 1. The van der Waals surface area contributed by atoms with Crippen LogP contribution in [0.1, 0.15) is 52.7 Å². The first kappa shape index (κ1) is 37.3. The van der Waals surface area contributed by atoms with Crippen molar-refractivity contribution in [2.24, 2.45) is 5.28 Å². The number of carbonyl (C=O) groups is 3. The van der Waals surface area contributed by atoms with Gasteiger partial charge in [-0.15, -0.1) is 5.01 Å². The average Bonchev–Trinajstić information content (AvgIpc) is 3.63. The van der Waals surface area contributed by atoms with Crippen LogP contribution in [0.15, 0.2) is 89.0 Å². The molecule has 1 aliphatic heterocycles. The molecule has 0 spiro atoms. The van der Waals surface area contributed by atoms with Gasteiger partial charge in [0.1, 0.15) is 13.2 Å². The van der Waals surface area contributed by atoms with E-state index >= 15 is 0 Å². The second kappa shape index (κ2) is 14.3. The maximum atomic E-state index is 13.6. The molecule has 52 heavy (non-hydrogen) atoms. The minimum Gasteiger partial charge on any atom is -0.569 e. The van der Waals surface area contributed by atoms with Gasteiger partial charge in [-0.3, -0.25) is 9.59 Å². The van der Waals surface area contributed by atoms with Gasteiger partial charge in [-0.05, 0) is 70.2 Å². The van der Waals surface area contributed by atoms with Crippen molar-refractivity contribution < 1.29 is 50.5 Å². The molecule has 0 saturated carbocycles. The Kier molecular flexibility index (Phi) is 10.3. The number of imide groups is 1. The van der Waals surface area contributed by atoms with Crippen molar-refractivity contribution >= 4 is 27.9 Å². The Morgan fingerprint density at radius 3 is 2.13 bits per heavy atom. The van der Waals surface area contributed by atoms with Crippen LogP contribution in [0.5, 0.6) is 0 Å². The smallest absolute Gasteiger partial charge is 0.435 e. The van der Waals surface area contributed by atoms with E-state index in [-0.39, 0.29) is 34.0 Å². The predicted molar refractivity (Wildman–Crippen MR) is 176 cm³/mol. The largest absolute Gasteiger partial charge is 0.569 e. The summed E-state index contributed by atoms with van der Waals surface area (Å²) in [5, 5.41) is 20.9. The minimum absolute atomic E-state index is 0.0409. The molecule has 1 aromatic heterocycles. The lowest BCUT2D eigenvalue weighted by Crippen LogP contribution is -2.48. The van der Waals surface area contributed by atoms with Crippen LogP contribution < -0.4 is 4.72 Å². The van der Waals surface area contributed by atoms with Gasteiger partial charge in [0.25, 0.3) is 21.8 Å². The summed E-state index contributed by atoms with van der Waals surface area (Å²) < 4.78 is 74.3. The first-order valence-corrected chi connectivity index (χ1v) is 16.9. The number of nitrogens with zero attached hydrogens (tertiary/aromatic N) is 6. The number of ether oxygens (including phenoxy) is 1. The number of nitrogens with one attached hydrogen (secondary N) is 1. The van der Waals surface area contributed by atoms with Crippen LogP contribution in [0, 0.1) is 12.1 Å².